The minimum Gasteiger partial charge on any atom is -0.507 e. The van der Waals surface area contributed by atoms with Gasteiger partial charge in [0.15, 0.2) is 0 Å². The van der Waals surface area contributed by atoms with Crippen LogP contribution in [0.25, 0.3) is 0 Å². The molecule has 1 amide bonds. The fraction of sp³-hybridized carbons (Fsp3) is 0. The second-order valence-corrected chi connectivity index (χ2v) is 5.03. The first kappa shape index (κ1) is 15.0. The molecule has 0 heterocycles. The van der Waals surface area contributed by atoms with Crippen molar-refractivity contribution in [2.45, 2.75) is 0 Å². The summed E-state index contributed by atoms with van der Waals surface area (Å²) in [5.74, 6) is -3.22. The SMILES string of the molecule is O=C(Nc1ccc(C(=O)O)c(F)c1)c1ccc(Br)cc1O. The number of rotatable bonds is 3. The van der Waals surface area contributed by atoms with Gasteiger partial charge in [0.2, 0.25) is 0 Å². The number of carbonyl (C=O) groups is 2. The predicted molar refractivity (Wildman–Crippen MR) is 77.1 cm³/mol. The van der Waals surface area contributed by atoms with Crippen LogP contribution in [0.5, 0.6) is 5.75 Å². The molecule has 3 N–H and O–H groups in total. The molecule has 7 heteroatoms. The molecule has 2 aromatic rings. The molecule has 2 aromatic carbocycles. The van der Waals surface area contributed by atoms with E-state index in [1.165, 1.54) is 18.2 Å². The van der Waals surface area contributed by atoms with Crippen molar-refractivity contribution in [1.82, 2.24) is 0 Å². The Balaban J connectivity index is 2.23. The van der Waals surface area contributed by atoms with E-state index in [0.29, 0.717) is 4.47 Å². The molecule has 0 saturated heterocycles. The van der Waals surface area contributed by atoms with E-state index in [4.69, 9.17) is 5.11 Å². The average molecular weight is 354 g/mol. The molecule has 0 aliphatic rings. The van der Waals surface area contributed by atoms with Gasteiger partial charge in [-0.2, -0.15) is 0 Å². The summed E-state index contributed by atoms with van der Waals surface area (Å²) in [5.41, 5.74) is -0.384. The van der Waals surface area contributed by atoms with Crippen LogP contribution in [0.15, 0.2) is 40.9 Å². The van der Waals surface area contributed by atoms with Crippen molar-refractivity contribution in [3.63, 3.8) is 0 Å². The predicted octanol–water partition coefficient (Wildman–Crippen LogP) is 3.24. The molecule has 0 fully saturated rings. The van der Waals surface area contributed by atoms with Crippen LogP contribution in [0.4, 0.5) is 10.1 Å². The Kier molecular flexibility index (Phi) is 4.23. The Morgan fingerprint density at radius 1 is 1.10 bits per heavy atom. The average Bonchev–Trinajstić information content (AvgIpc) is 2.37. The number of amides is 1. The topological polar surface area (TPSA) is 86.6 Å². The van der Waals surface area contributed by atoms with E-state index in [1.807, 2.05) is 0 Å². The number of hydrogen-bond donors (Lipinski definition) is 3. The quantitative estimate of drug-likeness (QED) is 0.790. The van der Waals surface area contributed by atoms with Gasteiger partial charge in [-0.05, 0) is 36.4 Å². The number of carboxylic acid groups (broad SMARTS) is 1. The van der Waals surface area contributed by atoms with E-state index in [1.54, 1.807) is 6.07 Å². The number of halogens is 2. The summed E-state index contributed by atoms with van der Waals surface area (Å²) in [6, 6.07) is 7.54. The van der Waals surface area contributed by atoms with Crippen molar-refractivity contribution in [1.29, 1.82) is 0 Å². The third kappa shape index (κ3) is 3.38. The standard InChI is InChI=1S/C14H9BrFNO4/c15-7-1-3-10(12(18)5-7)13(19)17-8-2-4-9(14(20)21)11(16)6-8/h1-6,18H,(H,17,19)(H,20,21). The highest BCUT2D eigenvalue weighted by Gasteiger charge is 2.14. The van der Waals surface area contributed by atoms with Crippen LogP contribution in [-0.2, 0) is 0 Å². The number of aromatic carboxylic acids is 1. The van der Waals surface area contributed by atoms with Crippen LogP contribution >= 0.6 is 15.9 Å². The monoisotopic (exact) mass is 353 g/mol. The first-order valence-electron chi connectivity index (χ1n) is 5.71. The largest absolute Gasteiger partial charge is 0.507 e. The second kappa shape index (κ2) is 5.92. The maximum Gasteiger partial charge on any atom is 0.338 e. The number of nitrogens with one attached hydrogen (secondary N) is 1. The zero-order valence-electron chi connectivity index (χ0n) is 10.4. The lowest BCUT2D eigenvalue weighted by Gasteiger charge is -2.08. The van der Waals surface area contributed by atoms with Crippen molar-refractivity contribution in [2.24, 2.45) is 0 Å². The summed E-state index contributed by atoms with van der Waals surface area (Å²) >= 11 is 3.15. The summed E-state index contributed by atoms with van der Waals surface area (Å²) in [4.78, 5) is 22.6. The summed E-state index contributed by atoms with van der Waals surface area (Å²) in [5, 5.41) is 20.8. The van der Waals surface area contributed by atoms with E-state index in [0.717, 1.165) is 12.1 Å². The van der Waals surface area contributed by atoms with Crippen molar-refractivity contribution in [2.75, 3.05) is 5.32 Å². The molecule has 0 radical (unpaired) electrons. The van der Waals surface area contributed by atoms with Gasteiger partial charge in [-0.15, -0.1) is 0 Å². The lowest BCUT2D eigenvalue weighted by Crippen LogP contribution is -2.12. The number of carboxylic acids is 1. The summed E-state index contributed by atoms with van der Waals surface area (Å²) in [6.45, 7) is 0. The molecule has 0 unspecified atom stereocenters. The van der Waals surface area contributed by atoms with Crippen LogP contribution in [0.2, 0.25) is 0 Å². The van der Waals surface area contributed by atoms with Crippen LogP contribution in [-0.4, -0.2) is 22.1 Å². The molecule has 5 nitrogen and oxygen atoms in total. The Bertz CT molecular complexity index is 733. The molecule has 0 aliphatic carbocycles. The molecule has 0 aromatic heterocycles. The Hall–Kier alpha value is -2.41. The number of phenols is 1. The molecule has 0 aliphatic heterocycles. The van der Waals surface area contributed by atoms with Crippen molar-refractivity contribution in [3.05, 3.63) is 57.8 Å². The van der Waals surface area contributed by atoms with E-state index in [-0.39, 0.29) is 17.0 Å². The Morgan fingerprint density at radius 3 is 2.33 bits per heavy atom. The van der Waals surface area contributed by atoms with Crippen LogP contribution in [0.1, 0.15) is 20.7 Å². The normalized spacial score (nSPS) is 10.2. The van der Waals surface area contributed by atoms with Crippen molar-refractivity contribution in [3.8, 4) is 5.75 Å². The highest BCUT2D eigenvalue weighted by atomic mass is 79.9. The zero-order valence-corrected chi connectivity index (χ0v) is 12.0. The second-order valence-electron chi connectivity index (χ2n) is 4.12. The smallest absolute Gasteiger partial charge is 0.338 e. The third-order valence-electron chi connectivity index (χ3n) is 2.66. The first-order valence-corrected chi connectivity index (χ1v) is 6.50. The molecule has 0 spiro atoms. The molecular formula is C14H9BrFNO4. The van der Waals surface area contributed by atoms with Gasteiger partial charge < -0.3 is 15.5 Å². The van der Waals surface area contributed by atoms with Gasteiger partial charge in [0.05, 0.1) is 11.1 Å². The number of anilines is 1. The molecule has 2 rings (SSSR count). The lowest BCUT2D eigenvalue weighted by atomic mass is 10.1. The minimum atomic E-state index is -1.39. The number of hydrogen-bond acceptors (Lipinski definition) is 3. The Morgan fingerprint density at radius 2 is 1.76 bits per heavy atom. The van der Waals surface area contributed by atoms with Gasteiger partial charge >= 0.3 is 5.97 Å². The fourth-order valence-electron chi connectivity index (χ4n) is 1.66. The highest BCUT2D eigenvalue weighted by molar-refractivity contribution is 9.10. The molecule has 0 bridgehead atoms. The highest BCUT2D eigenvalue weighted by Crippen LogP contribution is 2.23. The maximum atomic E-state index is 13.5. The Labute approximate surface area is 127 Å². The maximum absolute atomic E-state index is 13.5. The number of phenolic OH excluding ortho intramolecular Hbond substituents is 1. The van der Waals surface area contributed by atoms with Gasteiger partial charge in [0, 0.05) is 10.2 Å². The van der Waals surface area contributed by atoms with E-state index < -0.39 is 23.3 Å². The van der Waals surface area contributed by atoms with Gasteiger partial charge in [-0.25, -0.2) is 9.18 Å². The van der Waals surface area contributed by atoms with Gasteiger partial charge in [0.25, 0.3) is 5.91 Å². The molecule has 21 heavy (non-hydrogen) atoms. The van der Waals surface area contributed by atoms with Gasteiger partial charge in [0.1, 0.15) is 11.6 Å². The summed E-state index contributed by atoms with van der Waals surface area (Å²) in [6.07, 6.45) is 0. The number of aromatic hydroxyl groups is 1. The van der Waals surface area contributed by atoms with Crippen LogP contribution in [0.3, 0.4) is 0 Å². The molecule has 0 saturated carbocycles. The van der Waals surface area contributed by atoms with E-state index >= 15 is 0 Å². The van der Waals surface area contributed by atoms with E-state index in [9.17, 15) is 19.1 Å². The van der Waals surface area contributed by atoms with E-state index in [2.05, 4.69) is 21.2 Å². The first-order chi connectivity index (χ1) is 9.88. The molecule has 0 atom stereocenters. The van der Waals surface area contributed by atoms with Crippen molar-refractivity contribution < 1.29 is 24.2 Å². The van der Waals surface area contributed by atoms with Gasteiger partial charge in [-0.3, -0.25) is 4.79 Å². The summed E-state index contributed by atoms with van der Waals surface area (Å²) < 4.78 is 14.1. The van der Waals surface area contributed by atoms with Crippen LogP contribution in [0, 0.1) is 5.82 Å². The zero-order chi connectivity index (χ0) is 15.6. The number of carbonyl (C=O) groups excluding carboxylic acids is 1. The number of benzene rings is 2. The molecular weight excluding hydrogens is 345 g/mol. The third-order valence-corrected chi connectivity index (χ3v) is 3.16. The van der Waals surface area contributed by atoms with Crippen LogP contribution < -0.4 is 5.32 Å². The lowest BCUT2D eigenvalue weighted by molar-refractivity contribution is 0.0691. The van der Waals surface area contributed by atoms with Gasteiger partial charge in [-0.1, -0.05) is 15.9 Å². The molecule has 108 valence electrons. The summed E-state index contributed by atoms with van der Waals surface area (Å²) in [7, 11) is 0. The fourth-order valence-corrected chi connectivity index (χ4v) is 2.01. The minimum absolute atomic E-state index is 0.0147. The van der Waals surface area contributed by atoms with Crippen molar-refractivity contribution >= 4 is 33.5 Å².